The molecule has 0 radical (unpaired) electrons. The predicted octanol–water partition coefficient (Wildman–Crippen LogP) is 0.900. The molecule has 1 saturated carbocycles. The van der Waals surface area contributed by atoms with E-state index >= 15 is 0 Å². The third-order valence-electron chi connectivity index (χ3n) is 3.80. The van der Waals surface area contributed by atoms with Gasteiger partial charge in [-0.3, -0.25) is 4.79 Å². The quantitative estimate of drug-likeness (QED) is 0.778. The topological polar surface area (TPSA) is 104 Å². The number of amides is 1. The van der Waals surface area contributed by atoms with Crippen molar-refractivity contribution in [1.29, 1.82) is 0 Å². The fraction of sp³-hybridized carbons (Fsp3) is 0.429. The summed E-state index contributed by atoms with van der Waals surface area (Å²) in [5, 5.41) is 26.4. The van der Waals surface area contributed by atoms with Gasteiger partial charge in [-0.05, 0) is 30.2 Å². The number of aromatic amines is 1. The van der Waals surface area contributed by atoms with Crippen molar-refractivity contribution in [3.8, 4) is 11.4 Å². The molecule has 0 saturated heterocycles. The number of nitrogens with one attached hydrogen (secondary N) is 2. The summed E-state index contributed by atoms with van der Waals surface area (Å²) in [4.78, 5) is 12.2. The first-order chi connectivity index (χ1) is 10.2. The van der Waals surface area contributed by atoms with Crippen molar-refractivity contribution in [3.63, 3.8) is 0 Å². The molecule has 21 heavy (non-hydrogen) atoms. The second kappa shape index (κ2) is 6.01. The Morgan fingerprint density at radius 2 is 2.00 bits per heavy atom. The number of carbonyl (C=O) groups excluding carboxylic acids is 1. The van der Waals surface area contributed by atoms with Crippen LogP contribution in [0.15, 0.2) is 24.3 Å². The lowest BCUT2D eigenvalue weighted by molar-refractivity contribution is 0.0717. The molecule has 1 aliphatic rings. The van der Waals surface area contributed by atoms with Crippen LogP contribution in [-0.4, -0.2) is 43.8 Å². The molecule has 110 valence electrons. The SMILES string of the molecule is O=C(N[C@@H]1CCCC[C@H]1O)c1ccc(-c2nn[nH]n2)cc1. The van der Waals surface area contributed by atoms with Crippen molar-refractivity contribution in [3.05, 3.63) is 29.8 Å². The molecule has 1 fully saturated rings. The summed E-state index contributed by atoms with van der Waals surface area (Å²) >= 11 is 0. The first kappa shape index (κ1) is 13.7. The summed E-state index contributed by atoms with van der Waals surface area (Å²) < 4.78 is 0. The van der Waals surface area contributed by atoms with E-state index in [2.05, 4.69) is 25.9 Å². The third-order valence-corrected chi connectivity index (χ3v) is 3.80. The Kier molecular flexibility index (Phi) is 3.92. The highest BCUT2D eigenvalue weighted by Crippen LogP contribution is 2.19. The molecule has 1 aromatic carbocycles. The van der Waals surface area contributed by atoms with Gasteiger partial charge in [0.1, 0.15) is 0 Å². The van der Waals surface area contributed by atoms with Gasteiger partial charge >= 0.3 is 0 Å². The number of aliphatic hydroxyl groups excluding tert-OH is 1. The molecule has 1 aliphatic carbocycles. The summed E-state index contributed by atoms with van der Waals surface area (Å²) in [6, 6.07) is 6.84. The Bertz CT molecular complexity index is 596. The van der Waals surface area contributed by atoms with Crippen molar-refractivity contribution in [2.24, 2.45) is 0 Å². The number of nitrogens with zero attached hydrogens (tertiary/aromatic N) is 3. The van der Waals surface area contributed by atoms with Gasteiger partial charge in [0.2, 0.25) is 5.82 Å². The van der Waals surface area contributed by atoms with Crippen LogP contribution in [0.5, 0.6) is 0 Å². The van der Waals surface area contributed by atoms with Gasteiger partial charge in [-0.2, -0.15) is 5.21 Å². The van der Waals surface area contributed by atoms with E-state index in [4.69, 9.17) is 0 Å². The number of benzene rings is 1. The monoisotopic (exact) mass is 287 g/mol. The highest BCUT2D eigenvalue weighted by molar-refractivity contribution is 5.94. The van der Waals surface area contributed by atoms with E-state index in [9.17, 15) is 9.90 Å². The molecular weight excluding hydrogens is 270 g/mol. The van der Waals surface area contributed by atoms with Gasteiger partial charge < -0.3 is 10.4 Å². The Morgan fingerprint density at radius 1 is 1.24 bits per heavy atom. The van der Waals surface area contributed by atoms with Crippen molar-refractivity contribution in [1.82, 2.24) is 25.9 Å². The van der Waals surface area contributed by atoms with Crippen LogP contribution in [0, 0.1) is 0 Å². The maximum atomic E-state index is 12.2. The molecular formula is C14H17N5O2. The van der Waals surface area contributed by atoms with Gasteiger partial charge in [-0.15, -0.1) is 10.2 Å². The van der Waals surface area contributed by atoms with Gasteiger partial charge in [0, 0.05) is 11.1 Å². The average molecular weight is 287 g/mol. The molecule has 2 aromatic rings. The van der Waals surface area contributed by atoms with Crippen LogP contribution in [0.25, 0.3) is 11.4 Å². The molecule has 0 bridgehead atoms. The first-order valence-corrected chi connectivity index (χ1v) is 7.07. The number of aromatic nitrogens is 4. The second-order valence-electron chi connectivity index (χ2n) is 5.24. The highest BCUT2D eigenvalue weighted by atomic mass is 16.3. The fourth-order valence-corrected chi connectivity index (χ4v) is 2.59. The van der Waals surface area contributed by atoms with Gasteiger partial charge in [0.15, 0.2) is 0 Å². The average Bonchev–Trinajstić information content (AvgIpc) is 3.04. The van der Waals surface area contributed by atoms with E-state index in [1.807, 2.05) is 0 Å². The zero-order valence-corrected chi connectivity index (χ0v) is 11.5. The minimum absolute atomic E-state index is 0.150. The molecule has 1 amide bonds. The largest absolute Gasteiger partial charge is 0.391 e. The lowest BCUT2D eigenvalue weighted by Gasteiger charge is -2.28. The van der Waals surface area contributed by atoms with Crippen LogP contribution in [0.3, 0.4) is 0 Å². The minimum Gasteiger partial charge on any atom is -0.391 e. The Morgan fingerprint density at radius 3 is 2.67 bits per heavy atom. The number of rotatable bonds is 3. The zero-order valence-electron chi connectivity index (χ0n) is 11.5. The number of aliphatic hydroxyl groups is 1. The minimum atomic E-state index is -0.443. The Hall–Kier alpha value is -2.28. The summed E-state index contributed by atoms with van der Waals surface area (Å²) in [5.74, 6) is 0.324. The summed E-state index contributed by atoms with van der Waals surface area (Å²) in [6.45, 7) is 0. The van der Waals surface area contributed by atoms with E-state index < -0.39 is 6.10 Å². The van der Waals surface area contributed by atoms with E-state index in [-0.39, 0.29) is 11.9 Å². The van der Waals surface area contributed by atoms with Crippen LogP contribution in [0.2, 0.25) is 0 Å². The van der Waals surface area contributed by atoms with Crippen molar-refractivity contribution < 1.29 is 9.90 Å². The van der Waals surface area contributed by atoms with Crippen LogP contribution in [0.1, 0.15) is 36.0 Å². The summed E-state index contributed by atoms with van der Waals surface area (Å²) in [5.41, 5.74) is 1.35. The molecule has 1 heterocycles. The van der Waals surface area contributed by atoms with Gasteiger partial charge in [-0.1, -0.05) is 25.0 Å². The molecule has 3 N–H and O–H groups in total. The van der Waals surface area contributed by atoms with Gasteiger partial charge in [0.25, 0.3) is 5.91 Å². The number of H-pyrrole nitrogens is 1. The lowest BCUT2D eigenvalue weighted by atomic mass is 9.92. The Labute approximate surface area is 121 Å². The highest BCUT2D eigenvalue weighted by Gasteiger charge is 2.24. The maximum absolute atomic E-state index is 12.2. The van der Waals surface area contributed by atoms with Crippen LogP contribution < -0.4 is 5.32 Å². The first-order valence-electron chi connectivity index (χ1n) is 7.07. The van der Waals surface area contributed by atoms with Crippen molar-refractivity contribution >= 4 is 5.91 Å². The maximum Gasteiger partial charge on any atom is 0.251 e. The van der Waals surface area contributed by atoms with E-state index in [0.29, 0.717) is 11.4 Å². The van der Waals surface area contributed by atoms with Crippen molar-refractivity contribution in [2.75, 3.05) is 0 Å². The molecule has 2 atom stereocenters. The molecule has 1 aromatic heterocycles. The standard InChI is InChI=1S/C14H17N5O2/c20-12-4-2-1-3-11(12)15-14(21)10-7-5-9(6-8-10)13-16-18-19-17-13/h5-8,11-12,20H,1-4H2,(H,15,21)(H,16,17,18,19)/t11-,12-/m1/s1. The molecule has 3 rings (SSSR count). The lowest BCUT2D eigenvalue weighted by Crippen LogP contribution is -2.45. The van der Waals surface area contributed by atoms with Crippen LogP contribution >= 0.6 is 0 Å². The smallest absolute Gasteiger partial charge is 0.251 e. The van der Waals surface area contributed by atoms with E-state index in [1.54, 1.807) is 24.3 Å². The molecule has 7 heteroatoms. The third kappa shape index (κ3) is 3.08. The van der Waals surface area contributed by atoms with Gasteiger partial charge in [-0.25, -0.2) is 0 Å². The fourth-order valence-electron chi connectivity index (χ4n) is 2.59. The number of hydrogen-bond donors (Lipinski definition) is 3. The number of hydrogen-bond acceptors (Lipinski definition) is 5. The normalized spacial score (nSPS) is 22.0. The molecule has 0 spiro atoms. The summed E-state index contributed by atoms with van der Waals surface area (Å²) in [6.07, 6.45) is 3.20. The molecule has 0 aliphatic heterocycles. The second-order valence-corrected chi connectivity index (χ2v) is 5.24. The molecule has 7 nitrogen and oxygen atoms in total. The summed E-state index contributed by atoms with van der Waals surface area (Å²) in [7, 11) is 0. The number of carbonyl (C=O) groups is 1. The van der Waals surface area contributed by atoms with E-state index in [0.717, 1.165) is 31.2 Å². The predicted molar refractivity (Wildman–Crippen MR) is 75.3 cm³/mol. The van der Waals surface area contributed by atoms with Crippen molar-refractivity contribution in [2.45, 2.75) is 37.8 Å². The molecule has 0 unspecified atom stereocenters. The zero-order chi connectivity index (χ0) is 14.7. The number of tetrazole rings is 1. The Balaban J connectivity index is 1.67. The van der Waals surface area contributed by atoms with Gasteiger partial charge in [0.05, 0.1) is 12.1 Å². The van der Waals surface area contributed by atoms with Crippen LogP contribution in [-0.2, 0) is 0 Å². The van der Waals surface area contributed by atoms with E-state index in [1.165, 1.54) is 0 Å². The van der Waals surface area contributed by atoms with Crippen LogP contribution in [0.4, 0.5) is 0 Å².